The molecule has 0 bridgehead atoms. The third-order valence-corrected chi connectivity index (χ3v) is 4.33. The lowest BCUT2D eigenvalue weighted by atomic mass is 10.1. The summed E-state index contributed by atoms with van der Waals surface area (Å²) < 4.78 is 1.20. The molecular weight excluding hydrogens is 316 g/mol. The first-order chi connectivity index (χ1) is 11.9. The molecule has 1 amide bonds. The summed E-state index contributed by atoms with van der Waals surface area (Å²) >= 11 is 0. The zero-order chi connectivity index (χ0) is 18.4. The topological polar surface area (TPSA) is 58.4 Å². The van der Waals surface area contributed by atoms with Gasteiger partial charge in [0.1, 0.15) is 6.54 Å². The van der Waals surface area contributed by atoms with Gasteiger partial charge in [-0.05, 0) is 25.8 Å². The summed E-state index contributed by atoms with van der Waals surface area (Å²) in [6.45, 7) is 4.60. The summed E-state index contributed by atoms with van der Waals surface area (Å²) in [6, 6.07) is 11.8. The maximum absolute atomic E-state index is 12.2. The Morgan fingerprint density at radius 2 is 1.88 bits per heavy atom. The van der Waals surface area contributed by atoms with E-state index in [1.165, 1.54) is 16.3 Å². The van der Waals surface area contributed by atoms with Crippen LogP contribution < -0.4 is 10.5 Å². The highest BCUT2D eigenvalue weighted by molar-refractivity contribution is 5.75. The molecule has 0 aliphatic rings. The Bertz CT molecular complexity index is 756. The lowest BCUT2D eigenvalue weighted by Crippen LogP contribution is -2.38. The average molecular weight is 342 g/mol. The first-order valence-electron chi connectivity index (χ1n) is 8.46. The van der Waals surface area contributed by atoms with Crippen molar-refractivity contribution in [3.8, 4) is 0 Å². The van der Waals surface area contributed by atoms with Crippen LogP contribution in [0.15, 0.2) is 47.4 Å². The standard InChI is InChI=1S/C19H26N4O2/c1-15(2)22(4)19(25)14-23-18(24)12-17(13-20-23)21(3)11-10-16-8-6-5-7-9-16/h5-9,12-13,15H,10-11,14H2,1-4H3. The minimum Gasteiger partial charge on any atom is -0.373 e. The van der Waals surface area contributed by atoms with Gasteiger partial charge < -0.3 is 9.80 Å². The average Bonchev–Trinajstić information content (AvgIpc) is 2.61. The summed E-state index contributed by atoms with van der Waals surface area (Å²) in [4.78, 5) is 27.9. The predicted molar refractivity (Wildman–Crippen MR) is 99.8 cm³/mol. The number of anilines is 1. The summed E-state index contributed by atoms with van der Waals surface area (Å²) in [5, 5.41) is 4.15. The lowest BCUT2D eigenvalue weighted by molar-refractivity contribution is -0.132. The number of rotatable bonds is 7. The van der Waals surface area contributed by atoms with Crippen LogP contribution in [0.3, 0.4) is 0 Å². The number of aromatic nitrogens is 2. The van der Waals surface area contributed by atoms with E-state index in [4.69, 9.17) is 0 Å². The first kappa shape index (κ1) is 18.7. The largest absolute Gasteiger partial charge is 0.373 e. The second kappa shape index (κ2) is 8.46. The molecule has 1 aromatic carbocycles. The summed E-state index contributed by atoms with van der Waals surface area (Å²) in [6.07, 6.45) is 2.52. The van der Waals surface area contributed by atoms with Crippen LogP contribution in [0.1, 0.15) is 19.4 Å². The van der Waals surface area contributed by atoms with Crippen molar-refractivity contribution in [1.29, 1.82) is 0 Å². The molecule has 0 fully saturated rings. The van der Waals surface area contributed by atoms with Crippen molar-refractivity contribution in [3.05, 3.63) is 58.5 Å². The highest BCUT2D eigenvalue weighted by Gasteiger charge is 2.14. The Balaban J connectivity index is 2.01. The van der Waals surface area contributed by atoms with E-state index < -0.39 is 0 Å². The second-order valence-electron chi connectivity index (χ2n) is 6.47. The fourth-order valence-corrected chi connectivity index (χ4v) is 2.35. The van der Waals surface area contributed by atoms with Crippen LogP contribution in [-0.2, 0) is 17.8 Å². The molecule has 1 aromatic heterocycles. The van der Waals surface area contributed by atoms with Crippen LogP contribution in [0.2, 0.25) is 0 Å². The fraction of sp³-hybridized carbons (Fsp3) is 0.421. The number of amides is 1. The van der Waals surface area contributed by atoms with Crippen LogP contribution in [0.5, 0.6) is 0 Å². The van der Waals surface area contributed by atoms with Gasteiger partial charge in [-0.15, -0.1) is 0 Å². The molecule has 134 valence electrons. The van der Waals surface area contributed by atoms with E-state index in [2.05, 4.69) is 17.2 Å². The van der Waals surface area contributed by atoms with Crippen LogP contribution in [-0.4, -0.2) is 47.3 Å². The molecule has 0 radical (unpaired) electrons. The van der Waals surface area contributed by atoms with Gasteiger partial charge in [0.05, 0.1) is 11.9 Å². The van der Waals surface area contributed by atoms with Crippen LogP contribution in [0.4, 0.5) is 5.69 Å². The van der Waals surface area contributed by atoms with Gasteiger partial charge >= 0.3 is 0 Å². The van der Waals surface area contributed by atoms with Gasteiger partial charge in [-0.3, -0.25) is 9.59 Å². The molecule has 6 heteroatoms. The van der Waals surface area contributed by atoms with Gasteiger partial charge in [-0.1, -0.05) is 30.3 Å². The molecule has 25 heavy (non-hydrogen) atoms. The van der Waals surface area contributed by atoms with E-state index in [1.54, 1.807) is 18.1 Å². The van der Waals surface area contributed by atoms with Gasteiger partial charge in [0.15, 0.2) is 0 Å². The number of likely N-dealkylation sites (N-methyl/N-ethyl adjacent to an activating group) is 2. The minimum atomic E-state index is -0.269. The fourth-order valence-electron chi connectivity index (χ4n) is 2.35. The smallest absolute Gasteiger partial charge is 0.269 e. The van der Waals surface area contributed by atoms with Crippen LogP contribution in [0.25, 0.3) is 0 Å². The molecule has 0 aliphatic heterocycles. The van der Waals surface area contributed by atoms with E-state index in [1.807, 2.05) is 44.0 Å². The second-order valence-corrected chi connectivity index (χ2v) is 6.47. The van der Waals surface area contributed by atoms with Crippen LogP contribution >= 0.6 is 0 Å². The molecular formula is C19H26N4O2. The van der Waals surface area contributed by atoms with Crippen LogP contribution in [0, 0.1) is 0 Å². The van der Waals surface area contributed by atoms with E-state index in [9.17, 15) is 9.59 Å². The highest BCUT2D eigenvalue weighted by atomic mass is 16.2. The third kappa shape index (κ3) is 5.17. The molecule has 6 nitrogen and oxygen atoms in total. The van der Waals surface area contributed by atoms with Gasteiger partial charge in [-0.2, -0.15) is 5.10 Å². The number of benzene rings is 1. The molecule has 0 atom stereocenters. The molecule has 0 unspecified atom stereocenters. The first-order valence-corrected chi connectivity index (χ1v) is 8.46. The summed E-state index contributed by atoms with van der Waals surface area (Å²) in [5.41, 5.74) is 1.73. The van der Waals surface area contributed by atoms with E-state index in [-0.39, 0.29) is 24.1 Å². The zero-order valence-electron chi connectivity index (χ0n) is 15.3. The van der Waals surface area contributed by atoms with Crippen molar-refractivity contribution in [3.63, 3.8) is 0 Å². The molecule has 2 rings (SSSR count). The molecule has 0 saturated heterocycles. The Morgan fingerprint density at radius 1 is 1.20 bits per heavy atom. The number of carbonyl (C=O) groups is 1. The van der Waals surface area contributed by atoms with E-state index in [0.717, 1.165) is 18.7 Å². The van der Waals surface area contributed by atoms with Gasteiger partial charge in [0, 0.05) is 32.7 Å². The van der Waals surface area contributed by atoms with Crippen molar-refractivity contribution in [2.75, 3.05) is 25.5 Å². The maximum Gasteiger partial charge on any atom is 0.269 e. The molecule has 1 heterocycles. The maximum atomic E-state index is 12.2. The number of hydrogen-bond donors (Lipinski definition) is 0. The van der Waals surface area contributed by atoms with Crippen molar-refractivity contribution in [2.45, 2.75) is 32.9 Å². The monoisotopic (exact) mass is 342 g/mol. The van der Waals surface area contributed by atoms with Crippen molar-refractivity contribution in [2.24, 2.45) is 0 Å². The summed E-state index contributed by atoms with van der Waals surface area (Å²) in [5.74, 6) is -0.130. The molecule has 0 N–H and O–H groups in total. The van der Waals surface area contributed by atoms with Gasteiger partial charge in [-0.25, -0.2) is 4.68 Å². The Kier molecular flexibility index (Phi) is 6.33. The molecule has 2 aromatic rings. The SMILES string of the molecule is CC(C)N(C)C(=O)Cn1ncc(N(C)CCc2ccccc2)cc1=O. The highest BCUT2D eigenvalue weighted by Crippen LogP contribution is 2.09. The van der Waals surface area contributed by atoms with Crippen molar-refractivity contribution < 1.29 is 4.79 Å². The quantitative estimate of drug-likeness (QED) is 0.770. The van der Waals surface area contributed by atoms with Crippen molar-refractivity contribution >= 4 is 11.6 Å². The normalized spacial score (nSPS) is 10.8. The van der Waals surface area contributed by atoms with Gasteiger partial charge in [0.25, 0.3) is 5.56 Å². The number of nitrogens with zero attached hydrogens (tertiary/aromatic N) is 4. The van der Waals surface area contributed by atoms with Gasteiger partial charge in [0.2, 0.25) is 5.91 Å². The molecule has 0 aliphatic carbocycles. The molecule has 0 saturated carbocycles. The molecule has 0 spiro atoms. The van der Waals surface area contributed by atoms with E-state index in [0.29, 0.717) is 0 Å². The Morgan fingerprint density at radius 3 is 2.48 bits per heavy atom. The lowest BCUT2D eigenvalue weighted by Gasteiger charge is -2.22. The number of carbonyl (C=O) groups excluding carboxylic acids is 1. The Hall–Kier alpha value is -2.63. The predicted octanol–water partition coefficient (Wildman–Crippen LogP) is 1.79. The Labute approximate surface area is 148 Å². The third-order valence-electron chi connectivity index (χ3n) is 4.33. The zero-order valence-corrected chi connectivity index (χ0v) is 15.3. The minimum absolute atomic E-state index is 0.0402. The summed E-state index contributed by atoms with van der Waals surface area (Å²) in [7, 11) is 3.66. The number of hydrogen-bond acceptors (Lipinski definition) is 4. The van der Waals surface area contributed by atoms with E-state index >= 15 is 0 Å². The van der Waals surface area contributed by atoms with Crippen molar-refractivity contribution in [1.82, 2.24) is 14.7 Å².